The van der Waals surface area contributed by atoms with Crippen LogP contribution in [0, 0.1) is 0 Å². The first kappa shape index (κ1) is 96.2. The topological polar surface area (TPSA) is 237 Å². The zero-order chi connectivity index (χ0) is 74.6. The minimum Gasteiger partial charge on any atom is -0.462 e. The molecule has 102 heavy (non-hydrogen) atoms. The molecule has 5 unspecified atom stereocenters. The zero-order valence-electron chi connectivity index (χ0n) is 62.7. The lowest BCUT2D eigenvalue weighted by Crippen LogP contribution is -2.30. The maximum absolute atomic E-state index is 13.1. The summed E-state index contributed by atoms with van der Waals surface area (Å²) < 4.78 is 68.1. The number of rotatable bonds is 69. The van der Waals surface area contributed by atoms with Gasteiger partial charge in [0.25, 0.3) is 0 Å². The standard InChI is InChI=1S/C83H132O17P2/c1-5-9-13-17-21-25-29-33-37-38-42-44-48-52-56-60-64-68-81(86)94-74-79(100-83(88)70-66-62-58-54-50-46-41-36-32-28-24-20-16-12-8-4)76-98-102(91,92)96-72-77(84)71-95-101(89,90)97-75-78(99-82(87)69-65-61-57-53-49-45-40-35-31-27-23-19-15-11-7-3)73-93-80(85)67-63-59-55-51-47-43-39-34-30-26-22-18-14-10-6-2/h9-10,12-14,16,21-22,24-26,28,33-34,36-37,39,41-42,44,47,50-52,54,56,59,62-63,66,77-79,84H,5-8,11,15,17-20,23,27,29-32,35,38,40,43,45-46,48-49,53,55,57-58,60-61,64-65,67-76H2,1-4H3,(H,89,90)(H,91,92)/b13-9-,14-10-,16-12-,25-21-,26-22-,28-24-,37-33-,39-34-,41-36-,44-42-,51-47-,54-50-,56-52-,63-59-,66-62-. The SMILES string of the molecule is CC/C=C\C/C=C\C/C=C\C/C=C\C/C=C\CCCC(=O)OCC(COP(=O)(O)OCC(O)COP(=O)(O)OCC(COC(=O)C/C=C\C/C=C\C/C=C\C/C=C\C/C=C\CC)OC(=O)CCCCCCCCCCCCCCCCC)OC(=O)C/C=C\C/C=C\C/C=C\C/C=C\C/C=C\CC. The van der Waals surface area contributed by atoms with Crippen LogP contribution in [0.5, 0.6) is 0 Å². The minimum absolute atomic E-state index is 0.0549. The highest BCUT2D eigenvalue weighted by Gasteiger charge is 2.30. The van der Waals surface area contributed by atoms with Crippen molar-refractivity contribution in [2.24, 2.45) is 0 Å². The monoisotopic (exact) mass is 1460 g/mol. The molecule has 0 rings (SSSR count). The molecule has 0 amide bonds. The molecule has 576 valence electrons. The first-order valence-corrected chi connectivity index (χ1v) is 41.0. The van der Waals surface area contributed by atoms with Gasteiger partial charge in [-0.1, -0.05) is 300 Å². The van der Waals surface area contributed by atoms with Gasteiger partial charge in [-0.25, -0.2) is 9.13 Å². The molecule has 0 spiro atoms. The third-order valence-corrected chi connectivity index (χ3v) is 16.8. The average molecular weight is 1460 g/mol. The number of unbranched alkanes of at least 4 members (excludes halogenated alkanes) is 15. The molecule has 0 aliphatic heterocycles. The van der Waals surface area contributed by atoms with Gasteiger partial charge in [0.15, 0.2) is 12.2 Å². The molecule has 19 heteroatoms. The number of hydrogen-bond acceptors (Lipinski definition) is 15. The number of carbonyl (C=O) groups is 4. The Kier molecular flexibility index (Phi) is 69.3. The predicted octanol–water partition coefficient (Wildman–Crippen LogP) is 22.0. The fourth-order valence-corrected chi connectivity index (χ4v) is 10.9. The second kappa shape index (κ2) is 73.5. The Balaban J connectivity index is 5.55. The summed E-state index contributed by atoms with van der Waals surface area (Å²) in [6, 6.07) is 0. The van der Waals surface area contributed by atoms with Gasteiger partial charge >= 0.3 is 39.5 Å². The molecule has 0 saturated carbocycles. The quantitative estimate of drug-likeness (QED) is 0.0169. The lowest BCUT2D eigenvalue weighted by atomic mass is 10.0. The Morgan fingerprint density at radius 2 is 0.559 bits per heavy atom. The second-order valence-corrected chi connectivity index (χ2v) is 27.4. The molecule has 0 heterocycles. The lowest BCUT2D eigenvalue weighted by molar-refractivity contribution is -0.160. The van der Waals surface area contributed by atoms with E-state index in [9.17, 15) is 43.2 Å². The van der Waals surface area contributed by atoms with Gasteiger partial charge in [0.05, 0.1) is 39.3 Å². The van der Waals surface area contributed by atoms with Crippen molar-refractivity contribution in [1.29, 1.82) is 0 Å². The molecule has 0 saturated heterocycles. The maximum Gasteiger partial charge on any atom is 0.472 e. The third-order valence-electron chi connectivity index (χ3n) is 14.9. The van der Waals surface area contributed by atoms with E-state index in [-0.39, 0.29) is 25.7 Å². The van der Waals surface area contributed by atoms with Crippen molar-refractivity contribution >= 4 is 39.5 Å². The number of phosphoric acid groups is 2. The van der Waals surface area contributed by atoms with E-state index in [1.165, 1.54) is 64.2 Å². The molecule has 0 aliphatic rings. The molecule has 0 radical (unpaired) electrons. The van der Waals surface area contributed by atoms with Gasteiger partial charge in [-0.15, -0.1) is 0 Å². The van der Waals surface area contributed by atoms with Gasteiger partial charge < -0.3 is 33.8 Å². The second-order valence-electron chi connectivity index (χ2n) is 24.5. The van der Waals surface area contributed by atoms with Crippen LogP contribution in [0.3, 0.4) is 0 Å². The van der Waals surface area contributed by atoms with Gasteiger partial charge in [-0.2, -0.15) is 0 Å². The Morgan fingerprint density at radius 3 is 0.902 bits per heavy atom. The van der Waals surface area contributed by atoms with Gasteiger partial charge in [0, 0.05) is 12.8 Å². The summed E-state index contributed by atoms with van der Waals surface area (Å²) in [6.45, 7) is 4.21. The van der Waals surface area contributed by atoms with E-state index in [1.807, 2.05) is 42.5 Å². The largest absolute Gasteiger partial charge is 0.472 e. The van der Waals surface area contributed by atoms with E-state index < -0.39 is 97.5 Å². The summed E-state index contributed by atoms with van der Waals surface area (Å²) >= 11 is 0. The number of aliphatic hydroxyl groups is 1. The summed E-state index contributed by atoms with van der Waals surface area (Å²) in [5.41, 5.74) is 0. The normalized spacial score (nSPS) is 14.9. The van der Waals surface area contributed by atoms with Gasteiger partial charge in [-0.05, 0) is 116 Å². The molecular weight excluding hydrogens is 1330 g/mol. The number of aliphatic hydroxyl groups excluding tert-OH is 1. The molecule has 0 aromatic heterocycles. The summed E-state index contributed by atoms with van der Waals surface area (Å²) in [7, 11) is -10.0. The van der Waals surface area contributed by atoms with Crippen molar-refractivity contribution < 1.29 is 80.2 Å². The summed E-state index contributed by atoms with van der Waals surface area (Å²) in [6.07, 6.45) is 88.2. The zero-order valence-corrected chi connectivity index (χ0v) is 64.5. The highest BCUT2D eigenvalue weighted by Crippen LogP contribution is 2.45. The van der Waals surface area contributed by atoms with Gasteiger partial charge in [0.1, 0.15) is 19.3 Å². The van der Waals surface area contributed by atoms with E-state index in [0.717, 1.165) is 109 Å². The average Bonchev–Trinajstić information content (AvgIpc) is 0.923. The molecular formula is C83H132O17P2. The van der Waals surface area contributed by atoms with E-state index >= 15 is 0 Å². The molecule has 3 N–H and O–H groups in total. The van der Waals surface area contributed by atoms with Crippen LogP contribution in [0.25, 0.3) is 0 Å². The fraction of sp³-hybridized carbons (Fsp3) is 0.590. The summed E-state index contributed by atoms with van der Waals surface area (Å²) in [4.78, 5) is 72.7. The van der Waals surface area contributed by atoms with Crippen LogP contribution in [0.15, 0.2) is 182 Å². The van der Waals surface area contributed by atoms with Crippen molar-refractivity contribution in [3.8, 4) is 0 Å². The molecule has 0 aliphatic carbocycles. The van der Waals surface area contributed by atoms with Crippen molar-refractivity contribution in [3.63, 3.8) is 0 Å². The van der Waals surface area contributed by atoms with E-state index in [4.69, 9.17) is 37.0 Å². The van der Waals surface area contributed by atoms with E-state index in [1.54, 1.807) is 18.2 Å². The highest BCUT2D eigenvalue weighted by atomic mass is 31.2. The number of phosphoric ester groups is 2. The maximum atomic E-state index is 13.1. The van der Waals surface area contributed by atoms with Crippen LogP contribution in [-0.4, -0.2) is 96.7 Å². The lowest BCUT2D eigenvalue weighted by Gasteiger charge is -2.21. The Bertz CT molecular complexity index is 2650. The minimum atomic E-state index is -5.03. The Hall–Kier alpha value is -5.84. The molecule has 0 bridgehead atoms. The Labute approximate surface area is 615 Å². The number of allylic oxidation sites excluding steroid dienone is 28. The number of ether oxygens (including phenoxy) is 4. The van der Waals surface area contributed by atoms with E-state index in [2.05, 4.69) is 149 Å². The van der Waals surface area contributed by atoms with Crippen LogP contribution in [0.1, 0.15) is 259 Å². The Morgan fingerprint density at radius 1 is 0.294 bits per heavy atom. The molecule has 17 nitrogen and oxygen atoms in total. The van der Waals surface area contributed by atoms with Crippen molar-refractivity contribution in [2.45, 2.75) is 277 Å². The van der Waals surface area contributed by atoms with Crippen LogP contribution >= 0.6 is 15.6 Å². The first-order valence-electron chi connectivity index (χ1n) is 38.0. The summed E-state index contributed by atoms with van der Waals surface area (Å²) in [5.74, 6) is -2.56. The predicted molar refractivity (Wildman–Crippen MR) is 417 cm³/mol. The van der Waals surface area contributed by atoms with E-state index in [0.29, 0.717) is 32.1 Å². The third kappa shape index (κ3) is 72.5. The van der Waals surface area contributed by atoms with Crippen LogP contribution in [0.2, 0.25) is 0 Å². The van der Waals surface area contributed by atoms with Crippen LogP contribution in [-0.2, 0) is 65.4 Å². The van der Waals surface area contributed by atoms with Crippen LogP contribution < -0.4 is 0 Å². The number of carbonyl (C=O) groups excluding carboxylic acids is 4. The van der Waals surface area contributed by atoms with Crippen LogP contribution in [0.4, 0.5) is 0 Å². The molecule has 0 aromatic carbocycles. The molecule has 0 aromatic rings. The highest BCUT2D eigenvalue weighted by molar-refractivity contribution is 7.47. The number of esters is 4. The van der Waals surface area contributed by atoms with Gasteiger partial charge in [-0.3, -0.25) is 37.3 Å². The first-order chi connectivity index (χ1) is 49.7. The van der Waals surface area contributed by atoms with Gasteiger partial charge in [0.2, 0.25) is 0 Å². The fourth-order valence-electron chi connectivity index (χ4n) is 9.29. The molecule has 0 fully saturated rings. The van der Waals surface area contributed by atoms with Crippen molar-refractivity contribution in [1.82, 2.24) is 0 Å². The van der Waals surface area contributed by atoms with Crippen molar-refractivity contribution in [3.05, 3.63) is 182 Å². The molecule has 5 atom stereocenters. The van der Waals surface area contributed by atoms with Crippen molar-refractivity contribution in [2.75, 3.05) is 39.6 Å². The number of hydrogen-bond donors (Lipinski definition) is 3. The smallest absolute Gasteiger partial charge is 0.462 e. The summed E-state index contributed by atoms with van der Waals surface area (Å²) in [5, 5.41) is 10.6.